The summed E-state index contributed by atoms with van der Waals surface area (Å²) in [6, 6.07) is 10.6. The third-order valence-electron chi connectivity index (χ3n) is 3.89. The van der Waals surface area contributed by atoms with Crippen LogP contribution in [0.25, 0.3) is 0 Å². The lowest BCUT2D eigenvalue weighted by atomic mass is 10.1. The van der Waals surface area contributed by atoms with Gasteiger partial charge in [0.1, 0.15) is 11.6 Å². The molecule has 132 valence electrons. The molecular formula is C18H22N4O3. The lowest BCUT2D eigenvalue weighted by molar-refractivity contribution is -0.132. The van der Waals surface area contributed by atoms with Crippen LogP contribution in [0.1, 0.15) is 20.3 Å². The molecule has 0 aliphatic carbocycles. The van der Waals surface area contributed by atoms with Gasteiger partial charge >= 0.3 is 0 Å². The summed E-state index contributed by atoms with van der Waals surface area (Å²) in [6.45, 7) is 4.39. The van der Waals surface area contributed by atoms with E-state index in [1.54, 1.807) is 43.0 Å². The molecule has 0 atom stereocenters. The van der Waals surface area contributed by atoms with Gasteiger partial charge in [-0.2, -0.15) is 0 Å². The minimum atomic E-state index is -0.945. The molecule has 1 aromatic carbocycles. The molecule has 1 aliphatic rings. The van der Waals surface area contributed by atoms with Crippen LogP contribution in [0.5, 0.6) is 11.5 Å². The van der Waals surface area contributed by atoms with Crippen LogP contribution in [0.4, 0.5) is 17.3 Å². The van der Waals surface area contributed by atoms with Crippen molar-refractivity contribution in [2.45, 2.75) is 25.9 Å². The SMILES string of the molecule is CC1(C)Oc2ccc(N)nc2N(CCCOc2cccc(N)c2)C1=O. The maximum atomic E-state index is 12.7. The molecule has 25 heavy (non-hydrogen) atoms. The first-order chi connectivity index (χ1) is 11.9. The Bertz CT molecular complexity index is 792. The molecule has 3 rings (SSSR count). The van der Waals surface area contributed by atoms with Gasteiger partial charge in [0.15, 0.2) is 17.2 Å². The molecule has 0 fully saturated rings. The Balaban J connectivity index is 1.68. The van der Waals surface area contributed by atoms with E-state index in [-0.39, 0.29) is 5.91 Å². The number of nitrogens with two attached hydrogens (primary N) is 2. The van der Waals surface area contributed by atoms with Gasteiger partial charge in [0.2, 0.25) is 0 Å². The van der Waals surface area contributed by atoms with Crippen LogP contribution < -0.4 is 25.8 Å². The summed E-state index contributed by atoms with van der Waals surface area (Å²) >= 11 is 0. The highest BCUT2D eigenvalue weighted by Crippen LogP contribution is 2.36. The second-order valence-electron chi connectivity index (χ2n) is 6.40. The number of nitrogens with zero attached hydrogens (tertiary/aromatic N) is 2. The van der Waals surface area contributed by atoms with Crippen LogP contribution in [0, 0.1) is 0 Å². The van der Waals surface area contributed by atoms with E-state index >= 15 is 0 Å². The average molecular weight is 342 g/mol. The highest BCUT2D eigenvalue weighted by atomic mass is 16.5. The second-order valence-corrected chi connectivity index (χ2v) is 6.40. The van der Waals surface area contributed by atoms with Crippen LogP contribution >= 0.6 is 0 Å². The van der Waals surface area contributed by atoms with E-state index in [1.165, 1.54) is 0 Å². The first kappa shape index (κ1) is 16.9. The fourth-order valence-electron chi connectivity index (χ4n) is 2.69. The Kier molecular flexibility index (Phi) is 4.39. The van der Waals surface area contributed by atoms with Crippen molar-refractivity contribution in [2.24, 2.45) is 0 Å². The summed E-state index contributed by atoms with van der Waals surface area (Å²) in [5.41, 5.74) is 11.2. The maximum Gasteiger partial charge on any atom is 0.271 e. The number of aromatic nitrogens is 1. The lowest BCUT2D eigenvalue weighted by Crippen LogP contribution is -2.53. The number of benzene rings is 1. The fourth-order valence-corrected chi connectivity index (χ4v) is 2.69. The van der Waals surface area contributed by atoms with E-state index in [0.717, 1.165) is 0 Å². The van der Waals surface area contributed by atoms with Gasteiger partial charge in [-0.25, -0.2) is 4.98 Å². The minimum absolute atomic E-state index is 0.151. The van der Waals surface area contributed by atoms with Gasteiger partial charge in [-0.3, -0.25) is 9.69 Å². The molecule has 0 saturated heterocycles. The van der Waals surface area contributed by atoms with Gasteiger partial charge < -0.3 is 20.9 Å². The average Bonchev–Trinajstić information content (AvgIpc) is 2.55. The summed E-state index contributed by atoms with van der Waals surface area (Å²) in [4.78, 5) is 18.6. The van der Waals surface area contributed by atoms with E-state index in [4.69, 9.17) is 20.9 Å². The highest BCUT2D eigenvalue weighted by molar-refractivity contribution is 6.01. The summed E-state index contributed by atoms with van der Waals surface area (Å²) in [7, 11) is 0. The Hall–Kier alpha value is -2.96. The zero-order chi connectivity index (χ0) is 18.0. The highest BCUT2D eigenvalue weighted by Gasteiger charge is 2.41. The number of hydrogen-bond donors (Lipinski definition) is 2. The van der Waals surface area contributed by atoms with Gasteiger partial charge in [0.25, 0.3) is 5.91 Å². The van der Waals surface area contributed by atoms with Crippen LogP contribution in [0.15, 0.2) is 36.4 Å². The smallest absolute Gasteiger partial charge is 0.271 e. The maximum absolute atomic E-state index is 12.7. The van der Waals surface area contributed by atoms with E-state index in [0.29, 0.717) is 48.4 Å². The van der Waals surface area contributed by atoms with Crippen molar-refractivity contribution in [3.63, 3.8) is 0 Å². The first-order valence-corrected chi connectivity index (χ1v) is 8.13. The molecule has 7 heteroatoms. The monoisotopic (exact) mass is 342 g/mol. The summed E-state index contributed by atoms with van der Waals surface area (Å²) in [5, 5.41) is 0. The third-order valence-corrected chi connectivity index (χ3v) is 3.89. The van der Waals surface area contributed by atoms with Gasteiger partial charge in [0.05, 0.1) is 6.61 Å². The molecular weight excluding hydrogens is 320 g/mol. The predicted molar refractivity (Wildman–Crippen MR) is 96.7 cm³/mol. The van der Waals surface area contributed by atoms with Crippen molar-refractivity contribution in [2.75, 3.05) is 29.5 Å². The molecule has 1 amide bonds. The van der Waals surface area contributed by atoms with Crippen molar-refractivity contribution < 1.29 is 14.3 Å². The fraction of sp³-hybridized carbons (Fsp3) is 0.333. The second kappa shape index (κ2) is 6.51. The number of nitrogen functional groups attached to an aromatic ring is 2. The Morgan fingerprint density at radius 2 is 2.04 bits per heavy atom. The number of carbonyl (C=O) groups is 1. The van der Waals surface area contributed by atoms with Crippen LogP contribution in [-0.2, 0) is 4.79 Å². The summed E-state index contributed by atoms with van der Waals surface area (Å²) < 4.78 is 11.4. The molecule has 7 nitrogen and oxygen atoms in total. The van der Waals surface area contributed by atoms with E-state index in [2.05, 4.69) is 4.98 Å². The molecule has 0 spiro atoms. The third kappa shape index (κ3) is 3.60. The molecule has 0 unspecified atom stereocenters. The molecule has 0 radical (unpaired) electrons. The number of anilines is 3. The van der Waals surface area contributed by atoms with Crippen LogP contribution in [0.2, 0.25) is 0 Å². The zero-order valence-electron chi connectivity index (χ0n) is 14.4. The summed E-state index contributed by atoms with van der Waals surface area (Å²) in [5.74, 6) is 1.90. The molecule has 1 aromatic heterocycles. The number of ether oxygens (including phenoxy) is 2. The van der Waals surface area contributed by atoms with Crippen molar-refractivity contribution in [3.8, 4) is 11.5 Å². The van der Waals surface area contributed by atoms with Crippen molar-refractivity contribution in [1.82, 2.24) is 4.98 Å². The molecule has 1 aliphatic heterocycles. The van der Waals surface area contributed by atoms with Crippen molar-refractivity contribution >= 4 is 23.2 Å². The number of carbonyl (C=O) groups excluding carboxylic acids is 1. The Morgan fingerprint density at radius 3 is 2.80 bits per heavy atom. The van der Waals surface area contributed by atoms with E-state index < -0.39 is 5.60 Å². The molecule has 2 aromatic rings. The first-order valence-electron chi connectivity index (χ1n) is 8.13. The van der Waals surface area contributed by atoms with E-state index in [9.17, 15) is 4.79 Å². The number of fused-ring (bicyclic) bond motifs is 1. The van der Waals surface area contributed by atoms with Gasteiger partial charge in [-0.15, -0.1) is 0 Å². The minimum Gasteiger partial charge on any atom is -0.493 e. The van der Waals surface area contributed by atoms with E-state index in [1.807, 2.05) is 12.1 Å². The normalized spacial score (nSPS) is 15.4. The molecule has 4 N–H and O–H groups in total. The van der Waals surface area contributed by atoms with Crippen molar-refractivity contribution in [1.29, 1.82) is 0 Å². The van der Waals surface area contributed by atoms with Crippen LogP contribution in [-0.4, -0.2) is 29.6 Å². The summed E-state index contributed by atoms with van der Waals surface area (Å²) in [6.07, 6.45) is 0.631. The number of rotatable bonds is 5. The predicted octanol–water partition coefficient (Wildman–Crippen LogP) is 2.22. The van der Waals surface area contributed by atoms with Crippen molar-refractivity contribution in [3.05, 3.63) is 36.4 Å². The number of amides is 1. The zero-order valence-corrected chi connectivity index (χ0v) is 14.4. The standard InChI is InChI=1S/C18H22N4O3/c1-18(2)17(23)22(16-14(25-18)7-8-15(20)21-16)9-4-10-24-13-6-3-5-12(19)11-13/h3,5-8,11H,4,9-10,19H2,1-2H3,(H2,20,21). The van der Waals surface area contributed by atoms with Gasteiger partial charge in [-0.05, 0) is 44.5 Å². The van der Waals surface area contributed by atoms with Gasteiger partial charge in [0, 0.05) is 18.3 Å². The molecule has 0 bridgehead atoms. The quantitative estimate of drug-likeness (QED) is 0.638. The topological polar surface area (TPSA) is 104 Å². The number of pyridine rings is 1. The van der Waals surface area contributed by atoms with Crippen LogP contribution in [0.3, 0.4) is 0 Å². The number of hydrogen-bond acceptors (Lipinski definition) is 6. The largest absolute Gasteiger partial charge is 0.493 e. The lowest BCUT2D eigenvalue weighted by Gasteiger charge is -2.37. The molecule has 2 heterocycles. The molecule has 0 saturated carbocycles. The Labute approximate surface area is 146 Å². The Morgan fingerprint density at radius 1 is 1.24 bits per heavy atom. The van der Waals surface area contributed by atoms with Gasteiger partial charge in [-0.1, -0.05) is 6.07 Å².